The van der Waals surface area contributed by atoms with Crippen LogP contribution in [-0.4, -0.2) is 20.2 Å². The monoisotopic (exact) mass is 345 g/mol. The lowest BCUT2D eigenvalue weighted by atomic mass is 10.1. The van der Waals surface area contributed by atoms with Crippen LogP contribution in [0.3, 0.4) is 0 Å². The molecule has 106 valence electrons. The molecule has 2 heterocycles. The summed E-state index contributed by atoms with van der Waals surface area (Å²) in [5.74, 6) is 0.767. The lowest BCUT2D eigenvalue weighted by Gasteiger charge is -2.01. The minimum Gasteiger partial charge on any atom is -0.507 e. The van der Waals surface area contributed by atoms with Gasteiger partial charge in [-0.1, -0.05) is 34.1 Å². The minimum absolute atomic E-state index is 0.0799. The topological polar surface area (TPSA) is 72.0 Å². The summed E-state index contributed by atoms with van der Waals surface area (Å²) >= 11 is 3.29. The minimum atomic E-state index is 0.0799. The third-order valence-corrected chi connectivity index (χ3v) is 3.59. The predicted molar refractivity (Wildman–Crippen MR) is 81.7 cm³/mol. The number of aromatic hydroxyl groups is 1. The zero-order valence-electron chi connectivity index (χ0n) is 11.2. The molecule has 6 heteroatoms. The van der Waals surface area contributed by atoms with Crippen LogP contribution in [0.5, 0.6) is 5.75 Å². The Morgan fingerprint density at radius 1 is 1.29 bits per heavy atom. The Morgan fingerprint density at radius 2 is 2.14 bits per heavy atom. The normalized spacial score (nSPS) is 10.8. The molecular formula is C15H12BrN3O2. The molecule has 1 N–H and O–H groups in total. The Labute approximate surface area is 129 Å². The van der Waals surface area contributed by atoms with Crippen LogP contribution >= 0.6 is 15.9 Å². The largest absolute Gasteiger partial charge is 0.507 e. The van der Waals surface area contributed by atoms with Crippen molar-refractivity contribution in [3.63, 3.8) is 0 Å². The average molecular weight is 346 g/mol. The van der Waals surface area contributed by atoms with Crippen molar-refractivity contribution in [2.45, 2.75) is 13.3 Å². The van der Waals surface area contributed by atoms with Crippen LogP contribution in [0.15, 0.2) is 45.5 Å². The molecule has 0 aliphatic carbocycles. The van der Waals surface area contributed by atoms with E-state index in [1.165, 1.54) is 0 Å². The van der Waals surface area contributed by atoms with E-state index in [0.717, 1.165) is 16.5 Å². The van der Waals surface area contributed by atoms with Crippen molar-refractivity contribution in [1.29, 1.82) is 0 Å². The second-order valence-corrected chi connectivity index (χ2v) is 5.36. The summed E-state index contributed by atoms with van der Waals surface area (Å²) in [5.41, 5.74) is 2.24. The number of phenolic OH excluding ortho intramolecular Hbond substituents is 1. The maximum absolute atomic E-state index is 9.95. The van der Waals surface area contributed by atoms with Gasteiger partial charge in [-0.25, -0.2) is 0 Å². The Kier molecular flexibility index (Phi) is 3.70. The van der Waals surface area contributed by atoms with Crippen LogP contribution in [0, 0.1) is 0 Å². The van der Waals surface area contributed by atoms with Gasteiger partial charge in [-0.3, -0.25) is 4.98 Å². The first kappa shape index (κ1) is 13.8. The fraction of sp³-hybridized carbons (Fsp3) is 0.133. The van der Waals surface area contributed by atoms with Crippen molar-refractivity contribution in [3.05, 3.63) is 46.6 Å². The third kappa shape index (κ3) is 2.67. The lowest BCUT2D eigenvalue weighted by Crippen LogP contribution is -1.92. The second kappa shape index (κ2) is 5.65. The molecule has 1 aromatic carbocycles. The van der Waals surface area contributed by atoms with Gasteiger partial charge in [-0.05, 0) is 36.2 Å². The van der Waals surface area contributed by atoms with E-state index in [2.05, 4.69) is 31.1 Å². The fourth-order valence-electron chi connectivity index (χ4n) is 2.04. The number of aryl methyl sites for hydroxylation is 1. The Balaban J connectivity index is 2.04. The summed E-state index contributed by atoms with van der Waals surface area (Å²) in [6.45, 7) is 2.04. The maximum Gasteiger partial charge on any atom is 0.262 e. The molecule has 0 unspecified atom stereocenters. The molecule has 0 fully saturated rings. The number of rotatable bonds is 3. The highest BCUT2D eigenvalue weighted by atomic mass is 79.9. The van der Waals surface area contributed by atoms with E-state index < -0.39 is 0 Å². The molecule has 0 aliphatic rings. The Morgan fingerprint density at radius 3 is 2.90 bits per heavy atom. The zero-order valence-corrected chi connectivity index (χ0v) is 12.8. The highest BCUT2D eigenvalue weighted by molar-refractivity contribution is 9.10. The van der Waals surface area contributed by atoms with Crippen LogP contribution in [0.4, 0.5) is 0 Å². The highest BCUT2D eigenvalue weighted by Crippen LogP contribution is 2.31. The number of benzene rings is 1. The molecule has 3 rings (SSSR count). The van der Waals surface area contributed by atoms with E-state index in [4.69, 9.17) is 4.52 Å². The van der Waals surface area contributed by atoms with Crippen molar-refractivity contribution in [2.24, 2.45) is 0 Å². The molecule has 3 aromatic rings. The summed E-state index contributed by atoms with van der Waals surface area (Å²) in [6, 6.07) is 8.96. The summed E-state index contributed by atoms with van der Waals surface area (Å²) in [6.07, 6.45) is 2.53. The Hall–Kier alpha value is -2.21. The SMILES string of the molecule is CCc1cccnc1-c1noc(-c2ccc(Br)cc2O)n1. The van der Waals surface area contributed by atoms with Crippen molar-refractivity contribution >= 4 is 15.9 Å². The van der Waals surface area contributed by atoms with Crippen molar-refractivity contribution in [2.75, 3.05) is 0 Å². The van der Waals surface area contributed by atoms with E-state index in [9.17, 15) is 5.11 Å². The number of phenols is 1. The predicted octanol–water partition coefficient (Wildman–Crippen LogP) is 3.83. The van der Waals surface area contributed by atoms with Crippen LogP contribution in [0.2, 0.25) is 0 Å². The summed E-state index contributed by atoms with van der Waals surface area (Å²) in [4.78, 5) is 8.64. The van der Waals surface area contributed by atoms with Gasteiger partial charge in [0.05, 0.1) is 5.56 Å². The molecule has 21 heavy (non-hydrogen) atoms. The number of halogens is 1. The lowest BCUT2D eigenvalue weighted by molar-refractivity contribution is 0.425. The Bertz CT molecular complexity index is 786. The van der Waals surface area contributed by atoms with Crippen molar-refractivity contribution in [1.82, 2.24) is 15.1 Å². The number of aromatic nitrogens is 3. The van der Waals surface area contributed by atoms with E-state index in [0.29, 0.717) is 17.1 Å². The third-order valence-electron chi connectivity index (χ3n) is 3.10. The van der Waals surface area contributed by atoms with E-state index in [-0.39, 0.29) is 11.6 Å². The first-order chi connectivity index (χ1) is 10.2. The molecule has 0 aliphatic heterocycles. The van der Waals surface area contributed by atoms with Crippen molar-refractivity contribution in [3.8, 4) is 28.7 Å². The summed E-state index contributed by atoms with van der Waals surface area (Å²) < 4.78 is 6.03. The maximum atomic E-state index is 9.95. The molecule has 0 atom stereocenters. The number of hydrogen-bond acceptors (Lipinski definition) is 5. The van der Waals surface area contributed by atoms with Gasteiger partial charge in [0.25, 0.3) is 5.89 Å². The number of nitrogens with zero attached hydrogens (tertiary/aromatic N) is 3. The van der Waals surface area contributed by atoms with Gasteiger partial charge in [0.2, 0.25) is 5.82 Å². The van der Waals surface area contributed by atoms with Gasteiger partial charge in [0.15, 0.2) is 0 Å². The molecule has 0 saturated carbocycles. The quantitative estimate of drug-likeness (QED) is 0.780. The molecule has 0 spiro atoms. The van der Waals surface area contributed by atoms with E-state index in [1.54, 1.807) is 24.4 Å². The van der Waals surface area contributed by atoms with E-state index in [1.807, 2.05) is 19.1 Å². The molecule has 0 radical (unpaired) electrons. The van der Waals surface area contributed by atoms with E-state index >= 15 is 0 Å². The first-order valence-electron chi connectivity index (χ1n) is 6.46. The standard InChI is InChI=1S/C15H12BrN3O2/c1-2-9-4-3-7-17-13(9)14-18-15(21-19-14)11-6-5-10(16)8-12(11)20/h3-8,20H,2H2,1H3. The van der Waals surface area contributed by atoms with Gasteiger partial charge >= 0.3 is 0 Å². The van der Waals surface area contributed by atoms with Gasteiger partial charge in [-0.15, -0.1) is 0 Å². The molecule has 0 amide bonds. The summed E-state index contributed by atoms with van der Waals surface area (Å²) in [5, 5.41) is 13.9. The van der Waals surface area contributed by atoms with Crippen LogP contribution in [0.25, 0.3) is 23.0 Å². The molecule has 0 saturated heterocycles. The van der Waals surface area contributed by atoms with Gasteiger partial charge in [0, 0.05) is 10.7 Å². The fourth-order valence-corrected chi connectivity index (χ4v) is 2.39. The smallest absolute Gasteiger partial charge is 0.262 e. The molecule has 2 aromatic heterocycles. The molecule has 0 bridgehead atoms. The summed E-state index contributed by atoms with van der Waals surface area (Å²) in [7, 11) is 0. The number of pyridine rings is 1. The molecular weight excluding hydrogens is 334 g/mol. The average Bonchev–Trinajstić information content (AvgIpc) is 2.96. The van der Waals surface area contributed by atoms with Gasteiger partial charge in [-0.2, -0.15) is 4.98 Å². The molecule has 5 nitrogen and oxygen atoms in total. The van der Waals surface area contributed by atoms with Crippen LogP contribution in [-0.2, 0) is 6.42 Å². The highest BCUT2D eigenvalue weighted by Gasteiger charge is 2.16. The van der Waals surface area contributed by atoms with Crippen molar-refractivity contribution < 1.29 is 9.63 Å². The van der Waals surface area contributed by atoms with Gasteiger partial charge < -0.3 is 9.63 Å². The van der Waals surface area contributed by atoms with Crippen LogP contribution in [0.1, 0.15) is 12.5 Å². The number of hydrogen-bond donors (Lipinski definition) is 1. The van der Waals surface area contributed by atoms with Gasteiger partial charge in [0.1, 0.15) is 11.4 Å². The zero-order chi connectivity index (χ0) is 14.8. The van der Waals surface area contributed by atoms with Crippen LogP contribution < -0.4 is 0 Å². The first-order valence-corrected chi connectivity index (χ1v) is 7.25. The second-order valence-electron chi connectivity index (χ2n) is 4.45.